The van der Waals surface area contributed by atoms with Crippen LogP contribution in [0.2, 0.25) is 0 Å². The molecule has 3 nitrogen and oxygen atoms in total. The molecular weight excluding hydrogens is 140 g/mol. The highest BCUT2D eigenvalue weighted by molar-refractivity contribution is 5.72. The van der Waals surface area contributed by atoms with Gasteiger partial charge in [-0.3, -0.25) is 4.79 Å². The largest absolute Gasteiger partial charge is 0.359 e. The summed E-state index contributed by atoms with van der Waals surface area (Å²) in [5, 5.41) is 2.39. The lowest BCUT2D eigenvalue weighted by Gasteiger charge is -1.81. The Bertz CT molecular complexity index is 69.7. The van der Waals surface area contributed by atoms with Gasteiger partial charge in [-0.1, -0.05) is 28.7 Å². The first-order valence-corrected chi connectivity index (χ1v) is 2.94. The third-order valence-electron chi connectivity index (χ3n) is 0.352. The van der Waals surface area contributed by atoms with Gasteiger partial charge >= 0.3 is 0 Å². The summed E-state index contributed by atoms with van der Waals surface area (Å²) in [5.74, 6) is 0.00463. The Balaban J connectivity index is -0.0000000383. The number of carbonyl (C=O) groups excluding carboxylic acids is 1. The van der Waals surface area contributed by atoms with Crippen LogP contribution in [0.4, 0.5) is 0 Å². The lowest BCUT2D eigenvalue weighted by atomic mass is 10.5. The Labute approximate surface area is 71.4 Å². The van der Waals surface area contributed by atoms with E-state index in [2.05, 4.69) is 5.32 Å². The quantitative estimate of drug-likeness (QED) is 0.568. The van der Waals surface area contributed by atoms with Crippen LogP contribution < -0.4 is 11.1 Å². The molecule has 0 radical (unpaired) electrons. The van der Waals surface area contributed by atoms with Crippen LogP contribution in [0.5, 0.6) is 0 Å². The van der Waals surface area contributed by atoms with Crippen molar-refractivity contribution in [1.82, 2.24) is 5.32 Å². The average Bonchev–Trinajstić information content (AvgIpc) is 1.65. The lowest BCUT2D eigenvalue weighted by Crippen LogP contribution is -2.11. The predicted molar refractivity (Wildman–Crippen MR) is 52.5 cm³/mol. The zero-order valence-electron chi connectivity index (χ0n) is 6.56. The third kappa shape index (κ3) is 255. The normalized spacial score (nSPS) is 6.36. The van der Waals surface area contributed by atoms with Crippen LogP contribution in [-0.2, 0) is 4.79 Å². The van der Waals surface area contributed by atoms with Gasteiger partial charge in [0.25, 0.3) is 0 Å². The second-order valence-electron chi connectivity index (χ2n) is 2.05. The second kappa shape index (κ2) is 16.2. The Kier molecular flexibility index (Phi) is 33.1. The van der Waals surface area contributed by atoms with E-state index < -0.39 is 0 Å². The Morgan fingerprint density at radius 1 is 1.36 bits per heavy atom. The molecule has 0 spiro atoms. The molecule has 3 heteroatoms. The van der Waals surface area contributed by atoms with E-state index in [0.717, 1.165) is 0 Å². The van der Waals surface area contributed by atoms with E-state index in [0.29, 0.717) is 6.04 Å². The van der Waals surface area contributed by atoms with Crippen molar-refractivity contribution in [2.24, 2.45) is 5.73 Å². The van der Waals surface area contributed by atoms with Gasteiger partial charge in [0.2, 0.25) is 5.91 Å². The first-order chi connectivity index (χ1) is 4.00. The van der Waals surface area contributed by atoms with Crippen molar-refractivity contribution in [1.29, 1.82) is 0 Å². The minimum Gasteiger partial charge on any atom is -0.359 e. The molecule has 0 aromatic heterocycles. The molecule has 0 atom stereocenters. The number of amides is 1. The zero-order valence-corrected chi connectivity index (χ0v) is 6.56. The summed E-state index contributed by atoms with van der Waals surface area (Å²) in [7, 11) is 1.60. The monoisotopic (exact) mass is 164 g/mol. The Morgan fingerprint density at radius 2 is 1.45 bits per heavy atom. The van der Waals surface area contributed by atoms with E-state index in [-0.39, 0.29) is 20.8 Å². The van der Waals surface area contributed by atoms with Crippen LogP contribution in [0.15, 0.2) is 0 Å². The molecule has 3 N–H and O–H groups in total. The highest BCUT2D eigenvalue weighted by Crippen LogP contribution is 1.58. The maximum Gasteiger partial charge on any atom is 0.216 e. The molecule has 0 heterocycles. The minimum atomic E-state index is 0. The summed E-state index contributed by atoms with van der Waals surface area (Å²) in [6.07, 6.45) is 0. The van der Waals surface area contributed by atoms with E-state index in [4.69, 9.17) is 5.73 Å². The number of carbonyl (C=O) groups is 1. The predicted octanol–water partition coefficient (Wildman–Crippen LogP) is 1.38. The molecule has 1 amide bonds. The van der Waals surface area contributed by atoms with Gasteiger partial charge in [-0.2, -0.15) is 0 Å². The molecule has 0 unspecified atom stereocenters. The number of rotatable bonds is 0. The summed E-state index contributed by atoms with van der Waals surface area (Å²) in [6, 6.07) is 0.333. The zero-order chi connectivity index (χ0) is 7.86. The average molecular weight is 164 g/mol. The van der Waals surface area contributed by atoms with Crippen molar-refractivity contribution in [3.8, 4) is 0 Å². The molecule has 0 aromatic rings. The summed E-state index contributed by atoms with van der Waals surface area (Å²) < 4.78 is 0. The molecule has 72 valence electrons. The molecule has 0 aliphatic rings. The highest BCUT2D eigenvalue weighted by atomic mass is 16.1. The number of hydrogen-bond donors (Lipinski definition) is 2. The number of hydrogen-bond acceptors (Lipinski definition) is 2. The van der Waals surface area contributed by atoms with Gasteiger partial charge in [-0.05, 0) is 6.04 Å². The van der Waals surface area contributed by atoms with E-state index in [1.54, 1.807) is 7.05 Å². The van der Waals surface area contributed by atoms with Crippen LogP contribution in [0.25, 0.3) is 0 Å². The topological polar surface area (TPSA) is 55.1 Å². The molecule has 0 aromatic carbocycles. The van der Waals surface area contributed by atoms with Crippen LogP contribution in [0.3, 0.4) is 0 Å². The SMILES string of the molecule is C.C.CC(C)N.CNC(C)=O. The fraction of sp³-hybridized carbons (Fsp3) is 0.875. The lowest BCUT2D eigenvalue weighted by molar-refractivity contribution is -0.118. The van der Waals surface area contributed by atoms with Crippen molar-refractivity contribution in [2.75, 3.05) is 7.05 Å². The van der Waals surface area contributed by atoms with Gasteiger partial charge in [0, 0.05) is 14.0 Å². The Morgan fingerprint density at radius 3 is 1.45 bits per heavy atom. The van der Waals surface area contributed by atoms with E-state index in [1.807, 2.05) is 13.8 Å². The maximum atomic E-state index is 9.70. The van der Waals surface area contributed by atoms with Gasteiger partial charge in [0.15, 0.2) is 0 Å². The molecule has 0 rings (SSSR count). The van der Waals surface area contributed by atoms with Crippen molar-refractivity contribution in [3.05, 3.63) is 0 Å². The first-order valence-electron chi connectivity index (χ1n) is 2.94. The molecule has 0 aliphatic heterocycles. The summed E-state index contributed by atoms with van der Waals surface area (Å²) >= 11 is 0. The van der Waals surface area contributed by atoms with Crippen LogP contribution in [0, 0.1) is 0 Å². The van der Waals surface area contributed by atoms with Gasteiger partial charge in [-0.15, -0.1) is 0 Å². The van der Waals surface area contributed by atoms with E-state index in [1.165, 1.54) is 6.92 Å². The highest BCUT2D eigenvalue weighted by Gasteiger charge is 1.72. The number of nitrogens with one attached hydrogen (secondary N) is 1. The van der Waals surface area contributed by atoms with Gasteiger partial charge in [0.1, 0.15) is 0 Å². The maximum absolute atomic E-state index is 9.70. The molecule has 0 aliphatic carbocycles. The Hall–Kier alpha value is -0.570. The van der Waals surface area contributed by atoms with Crippen molar-refractivity contribution >= 4 is 5.91 Å². The smallest absolute Gasteiger partial charge is 0.216 e. The molecule has 0 bridgehead atoms. The molecule has 0 saturated carbocycles. The second-order valence-corrected chi connectivity index (χ2v) is 2.05. The standard InChI is InChI=1S/C3H7NO.C3H9N.2CH4/c1-3(5)4-2;1-3(2)4;;/h1-2H3,(H,4,5);3H,4H2,1-2H3;2*1H4. The summed E-state index contributed by atoms with van der Waals surface area (Å²) in [4.78, 5) is 9.70. The first kappa shape index (κ1) is 22.4. The molecule has 11 heavy (non-hydrogen) atoms. The van der Waals surface area contributed by atoms with Gasteiger partial charge in [0.05, 0.1) is 0 Å². The van der Waals surface area contributed by atoms with Gasteiger partial charge < -0.3 is 11.1 Å². The fourth-order valence-electron chi connectivity index (χ4n) is 0. The molecule has 0 fully saturated rings. The van der Waals surface area contributed by atoms with Crippen molar-refractivity contribution in [3.63, 3.8) is 0 Å². The van der Waals surface area contributed by atoms with Crippen LogP contribution in [-0.4, -0.2) is 19.0 Å². The van der Waals surface area contributed by atoms with Crippen LogP contribution in [0.1, 0.15) is 35.6 Å². The van der Waals surface area contributed by atoms with Gasteiger partial charge in [-0.25, -0.2) is 0 Å². The van der Waals surface area contributed by atoms with Crippen molar-refractivity contribution in [2.45, 2.75) is 41.7 Å². The van der Waals surface area contributed by atoms with E-state index >= 15 is 0 Å². The molecular formula is C8H24N2O. The van der Waals surface area contributed by atoms with Crippen LogP contribution >= 0.6 is 0 Å². The minimum absolute atomic E-state index is 0. The van der Waals surface area contributed by atoms with Crippen molar-refractivity contribution < 1.29 is 4.79 Å². The number of nitrogens with two attached hydrogens (primary N) is 1. The summed E-state index contributed by atoms with van der Waals surface area (Å²) in [6.45, 7) is 5.36. The fourth-order valence-corrected chi connectivity index (χ4v) is 0. The molecule has 0 saturated heterocycles. The third-order valence-corrected chi connectivity index (χ3v) is 0.352. The summed E-state index contributed by atoms with van der Waals surface area (Å²) in [5.41, 5.74) is 5.11. The van der Waals surface area contributed by atoms with E-state index in [9.17, 15) is 4.79 Å².